The quantitative estimate of drug-likeness (QED) is 0.803. The lowest BCUT2D eigenvalue weighted by atomic mass is 9.95. The topological polar surface area (TPSA) is 58.6 Å². The molecule has 0 radical (unpaired) electrons. The summed E-state index contributed by atoms with van der Waals surface area (Å²) in [6, 6.07) is 18.0. The maximum Gasteiger partial charge on any atom is 0.405 e. The Kier molecular flexibility index (Phi) is 5.63. The Labute approximate surface area is 137 Å². The first-order valence-electron chi connectivity index (χ1n) is 7.71. The van der Waals surface area contributed by atoms with Gasteiger partial charge in [-0.15, -0.1) is 0 Å². The Bertz CT molecular complexity index is 621. The van der Waals surface area contributed by atoms with Gasteiger partial charge in [0.25, 0.3) is 0 Å². The molecule has 2 aromatic rings. The van der Waals surface area contributed by atoms with Gasteiger partial charge in [-0.25, -0.2) is 4.79 Å². The van der Waals surface area contributed by atoms with Crippen LogP contribution in [0.25, 0.3) is 0 Å². The highest BCUT2D eigenvalue weighted by Crippen LogP contribution is 2.16. The van der Waals surface area contributed by atoms with E-state index in [0.29, 0.717) is 6.61 Å². The zero-order chi connectivity index (χ0) is 16.7. The van der Waals surface area contributed by atoms with E-state index in [-0.39, 0.29) is 0 Å². The van der Waals surface area contributed by atoms with Gasteiger partial charge in [0.2, 0.25) is 0 Å². The summed E-state index contributed by atoms with van der Waals surface area (Å²) in [5.74, 6) is 0.859. The number of ether oxygens (including phenoxy) is 1. The molecule has 0 atom stereocenters. The van der Waals surface area contributed by atoms with Crippen LogP contribution in [0.3, 0.4) is 0 Å². The van der Waals surface area contributed by atoms with Crippen LogP contribution < -0.4 is 10.1 Å². The van der Waals surface area contributed by atoms with E-state index in [4.69, 9.17) is 9.84 Å². The second kappa shape index (κ2) is 7.68. The molecule has 0 bridgehead atoms. The number of benzene rings is 2. The largest absolute Gasteiger partial charge is 0.489 e. The Morgan fingerprint density at radius 2 is 1.65 bits per heavy atom. The first kappa shape index (κ1) is 16.9. The van der Waals surface area contributed by atoms with Crippen molar-refractivity contribution >= 4 is 6.09 Å². The van der Waals surface area contributed by atoms with Gasteiger partial charge in [-0.1, -0.05) is 42.5 Å². The van der Waals surface area contributed by atoms with Crippen molar-refractivity contribution in [1.29, 1.82) is 0 Å². The maximum absolute atomic E-state index is 10.7. The number of hydrogen-bond donors (Lipinski definition) is 2. The van der Waals surface area contributed by atoms with E-state index in [2.05, 4.69) is 29.6 Å². The fraction of sp³-hybridized carbons (Fsp3) is 0.316. The molecule has 2 N–H and O–H groups in total. The molecule has 0 spiro atoms. The lowest BCUT2D eigenvalue weighted by molar-refractivity contribution is 0.180. The van der Waals surface area contributed by atoms with Gasteiger partial charge in [-0.2, -0.15) is 0 Å². The molecule has 23 heavy (non-hydrogen) atoms. The third-order valence-electron chi connectivity index (χ3n) is 3.66. The van der Waals surface area contributed by atoms with Crippen LogP contribution >= 0.6 is 0 Å². The zero-order valence-corrected chi connectivity index (χ0v) is 13.6. The minimum atomic E-state index is -0.983. The van der Waals surface area contributed by atoms with Crippen LogP contribution in [0.2, 0.25) is 0 Å². The van der Waals surface area contributed by atoms with Crippen LogP contribution in [0.1, 0.15) is 31.4 Å². The van der Waals surface area contributed by atoms with Gasteiger partial charge in [-0.3, -0.25) is 0 Å². The van der Waals surface area contributed by atoms with Crippen LogP contribution in [-0.4, -0.2) is 16.7 Å². The second-order valence-corrected chi connectivity index (χ2v) is 6.23. The van der Waals surface area contributed by atoms with Crippen molar-refractivity contribution in [2.75, 3.05) is 0 Å². The Morgan fingerprint density at radius 1 is 1.04 bits per heavy atom. The highest BCUT2D eigenvalue weighted by atomic mass is 16.5. The highest BCUT2D eigenvalue weighted by molar-refractivity contribution is 5.65. The van der Waals surface area contributed by atoms with E-state index < -0.39 is 11.6 Å². The monoisotopic (exact) mass is 313 g/mol. The average molecular weight is 313 g/mol. The molecule has 2 rings (SSSR count). The van der Waals surface area contributed by atoms with Crippen LogP contribution in [0.15, 0.2) is 54.6 Å². The fourth-order valence-electron chi connectivity index (χ4n) is 2.29. The van der Waals surface area contributed by atoms with Gasteiger partial charge < -0.3 is 15.2 Å². The molecule has 0 aromatic heterocycles. The van der Waals surface area contributed by atoms with Crippen molar-refractivity contribution in [2.24, 2.45) is 0 Å². The van der Waals surface area contributed by atoms with E-state index in [1.165, 1.54) is 5.56 Å². The molecule has 0 aliphatic rings. The zero-order valence-electron chi connectivity index (χ0n) is 13.6. The molecular weight excluding hydrogens is 290 g/mol. The smallest absolute Gasteiger partial charge is 0.405 e. The number of hydrogen-bond acceptors (Lipinski definition) is 2. The maximum atomic E-state index is 10.7. The molecule has 0 aliphatic carbocycles. The van der Waals surface area contributed by atoms with Gasteiger partial charge in [0.15, 0.2) is 0 Å². The molecule has 4 heteroatoms. The van der Waals surface area contributed by atoms with E-state index in [9.17, 15) is 4.79 Å². The predicted octanol–water partition coefficient (Wildman–Crippen LogP) is 4.24. The fourth-order valence-corrected chi connectivity index (χ4v) is 2.29. The van der Waals surface area contributed by atoms with Crippen molar-refractivity contribution < 1.29 is 14.6 Å². The number of nitrogens with one attached hydrogen (secondary N) is 1. The summed E-state index contributed by atoms with van der Waals surface area (Å²) >= 11 is 0. The number of aryl methyl sites for hydroxylation is 1. The lowest BCUT2D eigenvalue weighted by Crippen LogP contribution is -2.42. The van der Waals surface area contributed by atoms with Crippen molar-refractivity contribution in [1.82, 2.24) is 5.32 Å². The van der Waals surface area contributed by atoms with Gasteiger partial charge in [0.1, 0.15) is 12.4 Å². The van der Waals surface area contributed by atoms with Crippen LogP contribution in [0.4, 0.5) is 4.79 Å². The van der Waals surface area contributed by atoms with Crippen molar-refractivity contribution in [3.63, 3.8) is 0 Å². The van der Waals surface area contributed by atoms with Gasteiger partial charge in [-0.05, 0) is 49.9 Å². The summed E-state index contributed by atoms with van der Waals surface area (Å²) in [6.45, 7) is 4.32. The summed E-state index contributed by atoms with van der Waals surface area (Å²) in [7, 11) is 0. The first-order valence-corrected chi connectivity index (χ1v) is 7.71. The molecule has 0 heterocycles. The summed E-state index contributed by atoms with van der Waals surface area (Å²) in [4.78, 5) is 10.7. The molecule has 0 aliphatic heterocycles. The molecule has 2 aromatic carbocycles. The first-order chi connectivity index (χ1) is 10.9. The summed E-state index contributed by atoms with van der Waals surface area (Å²) in [6.07, 6.45) is 0.593. The molecule has 0 saturated heterocycles. The SMILES string of the molecule is CC(C)(CCc1ccc(COc2ccccc2)cc1)NC(=O)O. The average Bonchev–Trinajstić information content (AvgIpc) is 2.52. The molecule has 4 nitrogen and oxygen atoms in total. The molecule has 0 unspecified atom stereocenters. The van der Waals surface area contributed by atoms with Crippen LogP contribution in [0, 0.1) is 0 Å². The molecular formula is C19H23NO3. The number of para-hydroxylation sites is 1. The number of rotatable bonds is 7. The summed E-state index contributed by atoms with van der Waals surface area (Å²) < 4.78 is 5.71. The third kappa shape index (κ3) is 6.02. The van der Waals surface area contributed by atoms with E-state index in [0.717, 1.165) is 24.2 Å². The normalized spacial score (nSPS) is 11.0. The molecule has 122 valence electrons. The lowest BCUT2D eigenvalue weighted by Gasteiger charge is -2.24. The van der Waals surface area contributed by atoms with Crippen molar-refractivity contribution in [2.45, 2.75) is 38.8 Å². The van der Waals surface area contributed by atoms with Gasteiger partial charge in [0, 0.05) is 5.54 Å². The van der Waals surface area contributed by atoms with Crippen molar-refractivity contribution in [3.8, 4) is 5.75 Å². The van der Waals surface area contributed by atoms with E-state index in [1.54, 1.807) is 0 Å². The Balaban J connectivity index is 1.83. The Morgan fingerprint density at radius 3 is 2.26 bits per heavy atom. The third-order valence-corrected chi connectivity index (χ3v) is 3.66. The van der Waals surface area contributed by atoms with Gasteiger partial charge in [0.05, 0.1) is 0 Å². The molecule has 0 fully saturated rings. The Hall–Kier alpha value is -2.49. The van der Waals surface area contributed by atoms with E-state index >= 15 is 0 Å². The van der Waals surface area contributed by atoms with Crippen LogP contribution in [0.5, 0.6) is 5.75 Å². The number of carbonyl (C=O) groups is 1. The standard InChI is InChI=1S/C19H23NO3/c1-19(2,20-18(21)22)13-12-15-8-10-16(11-9-15)14-23-17-6-4-3-5-7-17/h3-11,20H,12-14H2,1-2H3,(H,21,22). The predicted molar refractivity (Wildman–Crippen MR) is 90.8 cm³/mol. The number of amides is 1. The minimum Gasteiger partial charge on any atom is -0.489 e. The van der Waals surface area contributed by atoms with Gasteiger partial charge >= 0.3 is 6.09 Å². The molecule has 1 amide bonds. The van der Waals surface area contributed by atoms with Crippen molar-refractivity contribution in [3.05, 3.63) is 65.7 Å². The molecule has 0 saturated carbocycles. The minimum absolute atomic E-state index is 0.430. The summed E-state index contributed by atoms with van der Waals surface area (Å²) in [5, 5.41) is 11.3. The van der Waals surface area contributed by atoms with Crippen LogP contribution in [-0.2, 0) is 13.0 Å². The summed E-state index contributed by atoms with van der Waals surface area (Å²) in [5.41, 5.74) is 1.87. The highest BCUT2D eigenvalue weighted by Gasteiger charge is 2.19. The van der Waals surface area contributed by atoms with E-state index in [1.807, 2.05) is 44.2 Å². The second-order valence-electron chi connectivity index (χ2n) is 6.23. The number of carboxylic acid groups (broad SMARTS) is 1.